The molecule has 2 aliphatic heterocycles. The fourth-order valence-corrected chi connectivity index (χ4v) is 5.06. The molecule has 3 aliphatic rings. The Labute approximate surface area is 151 Å². The summed E-state index contributed by atoms with van der Waals surface area (Å²) in [5.74, 6) is 1.05. The molecular weight excluding hydrogens is 315 g/mol. The monoisotopic (exact) mass is 346 g/mol. The average Bonchev–Trinajstić information content (AvgIpc) is 2.95. The number of ether oxygens (including phenoxy) is 1. The van der Waals surface area contributed by atoms with Crippen LogP contribution in [0.2, 0.25) is 0 Å². The third kappa shape index (κ3) is 3.85. The molecule has 138 valence electrons. The number of hydrogen-bond donors (Lipinski definition) is 0. The molecule has 2 heterocycles. The summed E-state index contributed by atoms with van der Waals surface area (Å²) in [5, 5.41) is 0. The van der Waals surface area contributed by atoms with Gasteiger partial charge in [0, 0.05) is 26.2 Å². The highest BCUT2D eigenvalue weighted by Crippen LogP contribution is 2.40. The van der Waals surface area contributed by atoms with Crippen LogP contribution in [0.4, 0.5) is 4.39 Å². The summed E-state index contributed by atoms with van der Waals surface area (Å²) >= 11 is 0. The van der Waals surface area contributed by atoms with Crippen molar-refractivity contribution in [3.05, 3.63) is 29.6 Å². The molecule has 0 bridgehead atoms. The topological polar surface area (TPSA) is 15.7 Å². The number of likely N-dealkylation sites (tertiary alicyclic amines) is 2. The summed E-state index contributed by atoms with van der Waals surface area (Å²) in [7, 11) is 1.53. The van der Waals surface area contributed by atoms with E-state index < -0.39 is 0 Å². The molecule has 0 aromatic heterocycles. The summed E-state index contributed by atoms with van der Waals surface area (Å²) in [4.78, 5) is 5.30. The fraction of sp³-hybridized carbons (Fsp3) is 0.714. The van der Waals surface area contributed by atoms with E-state index in [4.69, 9.17) is 4.74 Å². The van der Waals surface area contributed by atoms with Gasteiger partial charge < -0.3 is 9.64 Å². The van der Waals surface area contributed by atoms with E-state index in [9.17, 15) is 4.39 Å². The first kappa shape index (κ1) is 17.3. The van der Waals surface area contributed by atoms with E-state index in [0.29, 0.717) is 11.2 Å². The summed E-state index contributed by atoms with van der Waals surface area (Å²) < 4.78 is 18.7. The first-order valence-electron chi connectivity index (χ1n) is 9.93. The zero-order valence-electron chi connectivity index (χ0n) is 15.5. The van der Waals surface area contributed by atoms with Crippen LogP contribution < -0.4 is 4.74 Å². The number of methoxy groups -OCH3 is 1. The Morgan fingerprint density at radius 2 is 1.96 bits per heavy atom. The van der Waals surface area contributed by atoms with Crippen molar-refractivity contribution in [2.75, 3.05) is 39.8 Å². The lowest BCUT2D eigenvalue weighted by molar-refractivity contribution is 0.0668. The lowest BCUT2D eigenvalue weighted by Crippen LogP contribution is -2.47. The van der Waals surface area contributed by atoms with Gasteiger partial charge in [-0.1, -0.05) is 12.5 Å². The Morgan fingerprint density at radius 3 is 2.72 bits per heavy atom. The standard InChI is InChI=1S/C21H31FN2O/c1-25-20-12-18(6-7-19(20)22)14-24-11-9-21(16-24)8-3-10-23(15-21)13-17-4-2-5-17/h6-7,12,17H,2-5,8-11,13-16H2,1H3/t21-/m1/s1. The zero-order chi connectivity index (χ0) is 17.3. The van der Waals surface area contributed by atoms with Gasteiger partial charge in [0.1, 0.15) is 0 Å². The van der Waals surface area contributed by atoms with Gasteiger partial charge in [-0.2, -0.15) is 0 Å². The van der Waals surface area contributed by atoms with E-state index in [1.807, 2.05) is 12.1 Å². The third-order valence-corrected chi connectivity index (χ3v) is 6.62. The van der Waals surface area contributed by atoms with Gasteiger partial charge in [0.2, 0.25) is 0 Å². The molecule has 4 rings (SSSR count). The summed E-state index contributed by atoms with van der Waals surface area (Å²) in [6.45, 7) is 7.17. The quantitative estimate of drug-likeness (QED) is 0.804. The highest BCUT2D eigenvalue weighted by Gasteiger charge is 2.41. The minimum Gasteiger partial charge on any atom is -0.494 e. The third-order valence-electron chi connectivity index (χ3n) is 6.62. The Bertz CT molecular complexity index is 604. The van der Waals surface area contributed by atoms with E-state index in [1.54, 1.807) is 0 Å². The minimum absolute atomic E-state index is 0.275. The van der Waals surface area contributed by atoms with Gasteiger partial charge in [0.05, 0.1) is 7.11 Å². The second-order valence-corrected chi connectivity index (χ2v) is 8.57. The van der Waals surface area contributed by atoms with Crippen LogP contribution in [0.1, 0.15) is 44.1 Å². The maximum atomic E-state index is 13.6. The molecule has 1 aliphatic carbocycles. The van der Waals surface area contributed by atoms with Crippen LogP contribution in [0.15, 0.2) is 18.2 Å². The van der Waals surface area contributed by atoms with Crippen LogP contribution in [-0.4, -0.2) is 49.6 Å². The van der Waals surface area contributed by atoms with Crippen molar-refractivity contribution in [2.24, 2.45) is 11.3 Å². The van der Waals surface area contributed by atoms with E-state index in [1.165, 1.54) is 77.9 Å². The van der Waals surface area contributed by atoms with Crippen LogP contribution in [0.25, 0.3) is 0 Å². The number of halogens is 1. The Kier molecular flexibility index (Phi) is 5.01. The summed E-state index contributed by atoms with van der Waals surface area (Å²) in [6.07, 6.45) is 8.37. The highest BCUT2D eigenvalue weighted by molar-refractivity contribution is 5.30. The van der Waals surface area contributed by atoms with Gasteiger partial charge in [-0.15, -0.1) is 0 Å². The van der Waals surface area contributed by atoms with Gasteiger partial charge in [0.25, 0.3) is 0 Å². The van der Waals surface area contributed by atoms with Crippen molar-refractivity contribution in [3.8, 4) is 5.75 Å². The molecule has 3 fully saturated rings. The van der Waals surface area contributed by atoms with Crippen molar-refractivity contribution in [2.45, 2.75) is 45.1 Å². The Hall–Kier alpha value is -1.13. The van der Waals surface area contributed by atoms with E-state index in [0.717, 1.165) is 24.6 Å². The van der Waals surface area contributed by atoms with E-state index in [-0.39, 0.29) is 5.82 Å². The highest BCUT2D eigenvalue weighted by atomic mass is 19.1. The van der Waals surface area contributed by atoms with Gasteiger partial charge in [-0.25, -0.2) is 4.39 Å². The lowest BCUT2D eigenvalue weighted by atomic mass is 9.78. The Balaban J connectivity index is 1.35. The molecule has 0 unspecified atom stereocenters. The molecule has 4 heteroatoms. The SMILES string of the molecule is COc1cc(CN2CC[C@@]3(CCCN(CC4CCC4)C3)C2)ccc1F. The first-order valence-corrected chi connectivity index (χ1v) is 9.93. The second-order valence-electron chi connectivity index (χ2n) is 8.57. The molecule has 1 aromatic carbocycles. The van der Waals surface area contributed by atoms with Crippen molar-refractivity contribution in [1.82, 2.24) is 9.80 Å². The van der Waals surface area contributed by atoms with Gasteiger partial charge in [-0.3, -0.25) is 4.90 Å². The van der Waals surface area contributed by atoms with E-state index in [2.05, 4.69) is 9.80 Å². The number of rotatable bonds is 5. The van der Waals surface area contributed by atoms with Crippen LogP contribution in [0, 0.1) is 17.2 Å². The van der Waals surface area contributed by atoms with Crippen LogP contribution in [-0.2, 0) is 6.54 Å². The lowest BCUT2D eigenvalue weighted by Gasteiger charge is -2.43. The number of benzene rings is 1. The zero-order valence-corrected chi connectivity index (χ0v) is 15.5. The number of piperidine rings is 1. The predicted molar refractivity (Wildman–Crippen MR) is 98.3 cm³/mol. The van der Waals surface area contributed by atoms with Crippen molar-refractivity contribution in [1.29, 1.82) is 0 Å². The van der Waals surface area contributed by atoms with Crippen LogP contribution >= 0.6 is 0 Å². The summed E-state index contributed by atoms with van der Waals surface area (Å²) in [6, 6.07) is 5.28. The predicted octanol–water partition coefficient (Wildman–Crippen LogP) is 3.92. The summed E-state index contributed by atoms with van der Waals surface area (Å²) in [5.41, 5.74) is 1.64. The number of nitrogens with zero attached hydrogens (tertiary/aromatic N) is 2. The van der Waals surface area contributed by atoms with Gasteiger partial charge in [0.15, 0.2) is 11.6 Å². The molecular formula is C21H31FN2O. The molecule has 25 heavy (non-hydrogen) atoms. The van der Waals surface area contributed by atoms with Crippen LogP contribution in [0.5, 0.6) is 5.75 Å². The number of hydrogen-bond acceptors (Lipinski definition) is 3. The largest absolute Gasteiger partial charge is 0.494 e. The molecule has 1 aromatic rings. The van der Waals surface area contributed by atoms with Gasteiger partial charge in [-0.05, 0) is 74.2 Å². The molecule has 1 atom stereocenters. The second kappa shape index (κ2) is 7.24. The van der Waals surface area contributed by atoms with Crippen molar-refractivity contribution >= 4 is 0 Å². The first-order chi connectivity index (χ1) is 12.2. The molecule has 1 spiro atoms. The molecule has 3 nitrogen and oxygen atoms in total. The van der Waals surface area contributed by atoms with Crippen LogP contribution in [0.3, 0.4) is 0 Å². The maximum absolute atomic E-state index is 13.6. The molecule has 1 saturated carbocycles. The van der Waals surface area contributed by atoms with E-state index >= 15 is 0 Å². The molecule has 0 amide bonds. The smallest absolute Gasteiger partial charge is 0.165 e. The molecule has 0 N–H and O–H groups in total. The average molecular weight is 346 g/mol. The minimum atomic E-state index is -0.275. The molecule has 0 radical (unpaired) electrons. The maximum Gasteiger partial charge on any atom is 0.165 e. The normalized spacial score (nSPS) is 28.4. The van der Waals surface area contributed by atoms with Gasteiger partial charge >= 0.3 is 0 Å². The molecule has 2 saturated heterocycles. The fourth-order valence-electron chi connectivity index (χ4n) is 5.06. The van der Waals surface area contributed by atoms with Crippen molar-refractivity contribution in [3.63, 3.8) is 0 Å². The Morgan fingerprint density at radius 1 is 1.12 bits per heavy atom. The van der Waals surface area contributed by atoms with Crippen molar-refractivity contribution < 1.29 is 9.13 Å².